The van der Waals surface area contributed by atoms with E-state index in [1.807, 2.05) is 26.0 Å². The first-order valence-electron chi connectivity index (χ1n) is 6.13. The van der Waals surface area contributed by atoms with E-state index in [1.54, 1.807) is 20.3 Å². The summed E-state index contributed by atoms with van der Waals surface area (Å²) in [6, 6.07) is 7.90. The highest BCUT2D eigenvalue weighted by atomic mass is 16.5. The van der Waals surface area contributed by atoms with Gasteiger partial charge in [0.1, 0.15) is 0 Å². The Bertz CT molecular complexity index is 523. The normalized spacial score (nSPS) is 13.2. The smallest absolute Gasteiger partial charge is 0.161 e. The van der Waals surface area contributed by atoms with Crippen LogP contribution >= 0.6 is 0 Å². The van der Waals surface area contributed by atoms with Crippen molar-refractivity contribution < 1.29 is 9.47 Å². The first-order chi connectivity index (χ1) is 9.05. The van der Waals surface area contributed by atoms with E-state index in [0.717, 1.165) is 5.56 Å². The van der Waals surface area contributed by atoms with E-state index in [9.17, 15) is 5.26 Å². The van der Waals surface area contributed by atoms with Gasteiger partial charge in [0.25, 0.3) is 0 Å². The zero-order chi connectivity index (χ0) is 14.5. The SMILES string of the molecule is C#CC[C@@](C#N)(c1ccc(OC)c(OC)c1)C(C)C. The van der Waals surface area contributed by atoms with E-state index in [1.165, 1.54) is 0 Å². The van der Waals surface area contributed by atoms with Crippen molar-refractivity contribution in [2.45, 2.75) is 25.7 Å². The molecule has 3 nitrogen and oxygen atoms in total. The van der Waals surface area contributed by atoms with Crippen LogP contribution in [-0.2, 0) is 5.41 Å². The Labute approximate surface area is 115 Å². The van der Waals surface area contributed by atoms with Gasteiger partial charge in [-0.25, -0.2) is 0 Å². The molecule has 0 radical (unpaired) electrons. The zero-order valence-corrected chi connectivity index (χ0v) is 11.9. The van der Waals surface area contributed by atoms with E-state index in [2.05, 4.69) is 12.0 Å². The number of rotatable bonds is 5. The second kappa shape index (κ2) is 6.16. The monoisotopic (exact) mass is 257 g/mol. The fraction of sp³-hybridized carbons (Fsp3) is 0.438. The van der Waals surface area contributed by atoms with Gasteiger partial charge in [-0.15, -0.1) is 12.3 Å². The van der Waals surface area contributed by atoms with Crippen molar-refractivity contribution >= 4 is 0 Å². The summed E-state index contributed by atoms with van der Waals surface area (Å²) in [6.07, 6.45) is 5.81. The molecule has 1 aromatic rings. The molecule has 0 aliphatic carbocycles. The molecule has 0 bridgehead atoms. The standard InChI is InChI=1S/C16H19NO2/c1-6-9-16(11-17,12(2)3)13-7-8-14(18-4)15(10-13)19-5/h1,7-8,10,12H,9H2,2-5H3/t16-/m0/s1. The number of ether oxygens (including phenoxy) is 2. The van der Waals surface area contributed by atoms with Crippen molar-refractivity contribution in [2.24, 2.45) is 5.92 Å². The molecule has 3 heteroatoms. The number of nitriles is 1. The maximum atomic E-state index is 9.60. The van der Waals surface area contributed by atoms with E-state index >= 15 is 0 Å². The van der Waals surface area contributed by atoms with E-state index in [4.69, 9.17) is 15.9 Å². The van der Waals surface area contributed by atoms with Gasteiger partial charge in [-0.3, -0.25) is 0 Å². The summed E-state index contributed by atoms with van der Waals surface area (Å²) in [5.41, 5.74) is 0.162. The van der Waals surface area contributed by atoms with Crippen LogP contribution in [-0.4, -0.2) is 14.2 Å². The van der Waals surface area contributed by atoms with Crippen molar-refractivity contribution in [1.29, 1.82) is 5.26 Å². The number of hydrogen-bond acceptors (Lipinski definition) is 3. The van der Waals surface area contributed by atoms with Gasteiger partial charge in [0, 0.05) is 6.42 Å². The lowest BCUT2D eigenvalue weighted by Gasteiger charge is -2.29. The molecule has 0 N–H and O–H groups in total. The van der Waals surface area contributed by atoms with Gasteiger partial charge in [0.2, 0.25) is 0 Å². The molecular weight excluding hydrogens is 238 g/mol. The van der Waals surface area contributed by atoms with E-state index in [0.29, 0.717) is 17.9 Å². The molecule has 0 saturated heterocycles. The molecule has 0 fully saturated rings. The number of benzene rings is 1. The zero-order valence-electron chi connectivity index (χ0n) is 11.9. The fourth-order valence-electron chi connectivity index (χ4n) is 2.15. The minimum absolute atomic E-state index is 0.103. The molecule has 1 atom stereocenters. The summed E-state index contributed by atoms with van der Waals surface area (Å²) in [4.78, 5) is 0. The molecule has 0 aliphatic heterocycles. The van der Waals surface area contributed by atoms with Crippen LogP contribution in [0.4, 0.5) is 0 Å². The first kappa shape index (κ1) is 14.9. The second-order valence-electron chi connectivity index (χ2n) is 4.69. The predicted molar refractivity (Wildman–Crippen MR) is 75.1 cm³/mol. The topological polar surface area (TPSA) is 42.2 Å². The molecule has 0 unspecified atom stereocenters. The van der Waals surface area contributed by atoms with Crippen LogP contribution in [0.15, 0.2) is 18.2 Å². The molecule has 0 aromatic heterocycles. The number of terminal acetylenes is 1. The predicted octanol–water partition coefficient (Wildman–Crippen LogP) is 3.14. The van der Waals surface area contributed by atoms with Crippen LogP contribution in [0.3, 0.4) is 0 Å². The van der Waals surface area contributed by atoms with Gasteiger partial charge < -0.3 is 9.47 Å². The Kier molecular flexibility index (Phi) is 4.84. The van der Waals surface area contributed by atoms with Crippen molar-refractivity contribution in [3.05, 3.63) is 23.8 Å². The largest absolute Gasteiger partial charge is 0.493 e. The van der Waals surface area contributed by atoms with Crippen molar-refractivity contribution in [2.75, 3.05) is 14.2 Å². The van der Waals surface area contributed by atoms with Gasteiger partial charge in [-0.2, -0.15) is 5.26 Å². The number of methoxy groups -OCH3 is 2. The average Bonchev–Trinajstić information content (AvgIpc) is 2.43. The molecule has 19 heavy (non-hydrogen) atoms. The van der Waals surface area contributed by atoms with Crippen molar-refractivity contribution in [1.82, 2.24) is 0 Å². The summed E-state index contributed by atoms with van der Waals surface area (Å²) in [7, 11) is 3.16. The van der Waals surface area contributed by atoms with Crippen LogP contribution in [0.2, 0.25) is 0 Å². The quantitative estimate of drug-likeness (QED) is 0.761. The fourth-order valence-corrected chi connectivity index (χ4v) is 2.15. The highest BCUT2D eigenvalue weighted by molar-refractivity contribution is 5.47. The maximum Gasteiger partial charge on any atom is 0.161 e. The summed E-state index contributed by atoms with van der Waals surface area (Å²) >= 11 is 0. The molecule has 0 amide bonds. The highest BCUT2D eigenvalue weighted by Gasteiger charge is 2.36. The van der Waals surface area contributed by atoms with Gasteiger partial charge >= 0.3 is 0 Å². The van der Waals surface area contributed by atoms with Crippen LogP contribution in [0, 0.1) is 29.6 Å². The van der Waals surface area contributed by atoms with E-state index in [-0.39, 0.29) is 5.92 Å². The lowest BCUT2D eigenvalue weighted by Crippen LogP contribution is -2.30. The number of nitrogens with zero attached hydrogens (tertiary/aromatic N) is 1. The van der Waals surface area contributed by atoms with Crippen LogP contribution in [0.5, 0.6) is 11.5 Å². The second-order valence-corrected chi connectivity index (χ2v) is 4.69. The Morgan fingerprint density at radius 1 is 1.26 bits per heavy atom. The average molecular weight is 257 g/mol. The van der Waals surface area contributed by atoms with Gasteiger partial charge in [-0.05, 0) is 23.6 Å². The van der Waals surface area contributed by atoms with Crippen LogP contribution in [0.25, 0.3) is 0 Å². The summed E-state index contributed by atoms with van der Waals surface area (Å²) in [6.45, 7) is 3.99. The summed E-state index contributed by atoms with van der Waals surface area (Å²) < 4.78 is 10.5. The van der Waals surface area contributed by atoms with Gasteiger partial charge in [0.05, 0.1) is 25.7 Å². The van der Waals surface area contributed by atoms with Gasteiger partial charge in [-0.1, -0.05) is 19.9 Å². The van der Waals surface area contributed by atoms with Gasteiger partial charge in [0.15, 0.2) is 11.5 Å². The molecule has 0 aliphatic rings. The Balaban J connectivity index is 3.41. The molecule has 0 saturated carbocycles. The molecule has 0 heterocycles. The third-order valence-electron chi connectivity index (χ3n) is 3.46. The third kappa shape index (κ3) is 2.66. The Morgan fingerprint density at radius 2 is 1.89 bits per heavy atom. The lowest BCUT2D eigenvalue weighted by atomic mass is 9.70. The maximum absolute atomic E-state index is 9.60. The minimum Gasteiger partial charge on any atom is -0.493 e. The Morgan fingerprint density at radius 3 is 2.32 bits per heavy atom. The molecule has 100 valence electrons. The highest BCUT2D eigenvalue weighted by Crippen LogP contribution is 2.39. The molecule has 1 aromatic carbocycles. The van der Waals surface area contributed by atoms with Crippen molar-refractivity contribution in [3.8, 4) is 29.9 Å². The summed E-state index contributed by atoms with van der Waals surface area (Å²) in [5.74, 6) is 3.96. The van der Waals surface area contributed by atoms with Crippen molar-refractivity contribution in [3.63, 3.8) is 0 Å². The molecule has 0 spiro atoms. The van der Waals surface area contributed by atoms with E-state index < -0.39 is 5.41 Å². The summed E-state index contributed by atoms with van der Waals surface area (Å²) in [5, 5.41) is 9.60. The minimum atomic E-state index is -0.700. The molecular formula is C16H19NO2. The molecule has 1 rings (SSSR count). The first-order valence-corrected chi connectivity index (χ1v) is 6.13. The third-order valence-corrected chi connectivity index (χ3v) is 3.46. The van der Waals surface area contributed by atoms with Crippen LogP contribution < -0.4 is 9.47 Å². The Hall–Kier alpha value is -2.13. The number of hydrogen-bond donors (Lipinski definition) is 0. The van der Waals surface area contributed by atoms with Crippen LogP contribution in [0.1, 0.15) is 25.8 Å². The lowest BCUT2D eigenvalue weighted by molar-refractivity contribution is 0.350.